The highest BCUT2D eigenvalue weighted by atomic mass is 35.5. The number of carbonyl (C=O) groups excluding carboxylic acids is 1. The van der Waals surface area contributed by atoms with Crippen molar-refractivity contribution >= 4 is 29.1 Å². The fraction of sp³-hybridized carbons (Fsp3) is 0.696. The molecule has 31 heavy (non-hydrogen) atoms. The zero-order valence-corrected chi connectivity index (χ0v) is 20.6. The molecule has 2 aliphatic rings. The van der Waals surface area contributed by atoms with Crippen LogP contribution in [-0.2, 0) is 14.3 Å². The Morgan fingerprint density at radius 3 is 2.32 bits per heavy atom. The number of carbonyl (C=O) groups is 1. The molecule has 4 atom stereocenters. The summed E-state index contributed by atoms with van der Waals surface area (Å²) in [5, 5.41) is 1.07. The Labute approximate surface area is 195 Å². The highest BCUT2D eigenvalue weighted by Crippen LogP contribution is 2.36. The number of aryl methyl sites for hydroxylation is 1. The second-order valence-corrected chi connectivity index (χ2v) is 9.39. The fourth-order valence-electron chi connectivity index (χ4n) is 4.90. The number of hydrogen-bond donors (Lipinski definition) is 0. The predicted octanol–water partition coefficient (Wildman–Crippen LogP) is 4.10. The lowest BCUT2D eigenvalue weighted by atomic mass is 9.84. The van der Waals surface area contributed by atoms with Gasteiger partial charge in [0.25, 0.3) is 5.91 Å². The highest BCUT2D eigenvalue weighted by Gasteiger charge is 2.43. The van der Waals surface area contributed by atoms with Crippen LogP contribution in [0.5, 0.6) is 5.75 Å². The van der Waals surface area contributed by atoms with Crippen LogP contribution >= 0.6 is 23.2 Å². The van der Waals surface area contributed by atoms with E-state index in [4.69, 9.17) is 37.4 Å². The van der Waals surface area contributed by atoms with Crippen LogP contribution < -0.4 is 4.74 Å². The summed E-state index contributed by atoms with van der Waals surface area (Å²) in [5.41, 5.74) is 1.63. The summed E-state index contributed by atoms with van der Waals surface area (Å²) in [6, 6.07) is 2.06. The molecule has 1 amide bonds. The molecular weight excluding hydrogens is 439 g/mol. The molecule has 1 heterocycles. The Morgan fingerprint density at radius 2 is 1.71 bits per heavy atom. The maximum Gasteiger partial charge on any atom is 0.260 e. The molecule has 1 aromatic rings. The normalized spacial score (nSPS) is 26.8. The van der Waals surface area contributed by atoms with Gasteiger partial charge in [-0.3, -0.25) is 9.69 Å². The zero-order valence-electron chi connectivity index (χ0n) is 19.1. The molecule has 174 valence electrons. The number of likely N-dealkylation sites (N-methyl/N-ethyl adjacent to an activating group) is 1. The Kier molecular flexibility index (Phi) is 8.50. The van der Waals surface area contributed by atoms with E-state index in [0.717, 1.165) is 37.1 Å². The summed E-state index contributed by atoms with van der Waals surface area (Å²) < 4.78 is 17.3. The third kappa shape index (κ3) is 5.31. The number of halogens is 2. The number of nitrogens with zero attached hydrogens (tertiary/aromatic N) is 2. The molecule has 1 saturated carbocycles. The van der Waals surface area contributed by atoms with Crippen molar-refractivity contribution in [3.05, 3.63) is 27.2 Å². The quantitative estimate of drug-likeness (QED) is 0.597. The van der Waals surface area contributed by atoms with Crippen molar-refractivity contribution in [3.63, 3.8) is 0 Å². The van der Waals surface area contributed by atoms with Crippen LogP contribution in [0.25, 0.3) is 0 Å². The van der Waals surface area contributed by atoms with Crippen LogP contribution in [0.4, 0.5) is 0 Å². The van der Waals surface area contributed by atoms with Crippen LogP contribution in [0.15, 0.2) is 6.07 Å². The van der Waals surface area contributed by atoms with E-state index < -0.39 is 0 Å². The van der Waals surface area contributed by atoms with Gasteiger partial charge in [-0.25, -0.2) is 0 Å². The van der Waals surface area contributed by atoms with Gasteiger partial charge in [-0.05, 0) is 69.8 Å². The van der Waals surface area contributed by atoms with Crippen molar-refractivity contribution < 1.29 is 19.0 Å². The third-order valence-corrected chi connectivity index (χ3v) is 7.88. The first-order valence-electron chi connectivity index (χ1n) is 10.9. The molecule has 0 spiro atoms. The first-order chi connectivity index (χ1) is 14.8. The molecule has 0 N–H and O–H groups in total. The maximum atomic E-state index is 13.1. The van der Waals surface area contributed by atoms with Crippen molar-refractivity contribution in [2.45, 2.75) is 63.8 Å². The minimum atomic E-state index is -0.0822. The molecule has 0 bridgehead atoms. The molecule has 0 radical (unpaired) electrons. The Morgan fingerprint density at radius 1 is 1.10 bits per heavy atom. The van der Waals surface area contributed by atoms with Gasteiger partial charge in [-0.1, -0.05) is 23.2 Å². The summed E-state index contributed by atoms with van der Waals surface area (Å²) in [6.07, 6.45) is 3.97. The van der Waals surface area contributed by atoms with Crippen LogP contribution in [0.3, 0.4) is 0 Å². The van der Waals surface area contributed by atoms with Gasteiger partial charge >= 0.3 is 0 Å². The molecule has 0 aromatic heterocycles. The molecule has 1 aromatic carbocycles. The van der Waals surface area contributed by atoms with Gasteiger partial charge in [-0.15, -0.1) is 0 Å². The van der Waals surface area contributed by atoms with Gasteiger partial charge in [0.15, 0.2) is 6.61 Å². The monoisotopic (exact) mass is 472 g/mol. The number of amides is 1. The van der Waals surface area contributed by atoms with Gasteiger partial charge in [0.05, 0.1) is 17.2 Å². The summed E-state index contributed by atoms with van der Waals surface area (Å²) in [5.74, 6) is 0.401. The maximum absolute atomic E-state index is 13.1. The minimum Gasteiger partial charge on any atom is -0.482 e. The lowest BCUT2D eigenvalue weighted by Gasteiger charge is -2.47. The van der Waals surface area contributed by atoms with E-state index in [1.54, 1.807) is 20.3 Å². The molecule has 2 fully saturated rings. The topological polar surface area (TPSA) is 51.2 Å². The molecule has 1 aliphatic heterocycles. The lowest BCUT2D eigenvalue weighted by molar-refractivity contribution is -0.142. The number of methoxy groups -OCH3 is 2. The van der Waals surface area contributed by atoms with Crippen molar-refractivity contribution in [2.75, 3.05) is 41.0 Å². The second-order valence-electron chi connectivity index (χ2n) is 8.64. The van der Waals surface area contributed by atoms with Gasteiger partial charge in [-0.2, -0.15) is 0 Å². The van der Waals surface area contributed by atoms with E-state index in [1.165, 1.54) is 12.8 Å². The number of benzene rings is 1. The SMILES string of the molecule is CO[C@H]1C[C@@H](N(C)C(=O)COc2cc(C)c(Cl)c(C)c2Cl)[C@H](N2CCCC2)C[C@H]1OC. The third-order valence-electron chi connectivity index (χ3n) is 6.83. The van der Waals surface area contributed by atoms with Crippen LogP contribution in [-0.4, -0.2) is 81.0 Å². The first-order valence-corrected chi connectivity index (χ1v) is 11.7. The van der Waals surface area contributed by atoms with Gasteiger partial charge in [0.2, 0.25) is 0 Å². The molecule has 0 unspecified atom stereocenters. The first kappa shape index (κ1) is 24.6. The highest BCUT2D eigenvalue weighted by molar-refractivity contribution is 6.37. The van der Waals surface area contributed by atoms with E-state index in [0.29, 0.717) is 15.8 Å². The number of rotatable bonds is 7. The van der Waals surface area contributed by atoms with Crippen LogP contribution in [0, 0.1) is 13.8 Å². The number of likely N-dealkylation sites (tertiary alicyclic amines) is 1. The summed E-state index contributed by atoms with van der Waals surface area (Å²) >= 11 is 12.6. The zero-order chi connectivity index (χ0) is 22.7. The second kappa shape index (κ2) is 10.7. The summed E-state index contributed by atoms with van der Waals surface area (Å²) in [7, 11) is 5.31. The minimum absolute atomic E-state index is 0.0328. The average Bonchev–Trinajstić information content (AvgIpc) is 3.32. The molecule has 8 heteroatoms. The molecule has 1 saturated heterocycles. The van der Waals surface area contributed by atoms with E-state index in [9.17, 15) is 4.79 Å². The van der Waals surface area contributed by atoms with Crippen molar-refractivity contribution in [2.24, 2.45) is 0 Å². The molecule has 1 aliphatic carbocycles. The van der Waals surface area contributed by atoms with E-state index in [2.05, 4.69) is 4.90 Å². The number of ether oxygens (including phenoxy) is 3. The van der Waals surface area contributed by atoms with E-state index in [-0.39, 0.29) is 36.8 Å². The van der Waals surface area contributed by atoms with Crippen LogP contribution in [0.1, 0.15) is 36.8 Å². The van der Waals surface area contributed by atoms with E-state index in [1.807, 2.05) is 25.8 Å². The average molecular weight is 473 g/mol. The molecular formula is C23H34Cl2N2O4. The van der Waals surface area contributed by atoms with Crippen LogP contribution in [0.2, 0.25) is 10.0 Å². The molecule has 3 rings (SSSR count). The predicted molar refractivity (Wildman–Crippen MR) is 123 cm³/mol. The fourth-order valence-corrected chi connectivity index (χ4v) is 5.30. The van der Waals surface area contributed by atoms with E-state index >= 15 is 0 Å². The Balaban J connectivity index is 1.72. The standard InChI is InChI=1S/C23H34Cl2N2O4/c1-14-10-20(23(25)15(2)22(14)24)31-13-21(28)26(3)16-11-18(29-4)19(30-5)12-17(16)27-8-6-7-9-27/h10,16-19H,6-9,11-13H2,1-5H3/t16-,17-,18+,19-/m1/s1. The lowest BCUT2D eigenvalue weighted by Crippen LogP contribution is -2.59. The number of hydrogen-bond acceptors (Lipinski definition) is 5. The Hall–Kier alpha value is -1.05. The van der Waals surface area contributed by atoms with Crippen molar-refractivity contribution in [3.8, 4) is 5.75 Å². The van der Waals surface area contributed by atoms with Crippen molar-refractivity contribution in [1.29, 1.82) is 0 Å². The van der Waals surface area contributed by atoms with Gasteiger partial charge in [0.1, 0.15) is 5.75 Å². The Bertz CT molecular complexity index is 785. The summed E-state index contributed by atoms with van der Waals surface area (Å²) in [4.78, 5) is 17.4. The van der Waals surface area contributed by atoms with Gasteiger partial charge < -0.3 is 19.1 Å². The molecule has 6 nitrogen and oxygen atoms in total. The smallest absolute Gasteiger partial charge is 0.260 e. The van der Waals surface area contributed by atoms with Gasteiger partial charge in [0, 0.05) is 38.4 Å². The summed E-state index contributed by atoms with van der Waals surface area (Å²) in [6.45, 7) is 5.79. The largest absolute Gasteiger partial charge is 0.482 e. The van der Waals surface area contributed by atoms with Crippen molar-refractivity contribution in [1.82, 2.24) is 9.80 Å².